The first kappa shape index (κ1) is 11.8. The SMILES string of the molecule is C=C(CCC)[C@@]1(C)CCC(C)C1NC. The zero-order valence-corrected chi connectivity index (χ0v) is 10.2. The van der Waals surface area contributed by atoms with Gasteiger partial charge in [0.1, 0.15) is 0 Å². The first-order valence-electron chi connectivity index (χ1n) is 5.91. The lowest BCUT2D eigenvalue weighted by molar-refractivity contribution is 0.284. The van der Waals surface area contributed by atoms with Crippen LogP contribution in [0.1, 0.15) is 46.5 Å². The standard InChI is InChI=1S/C13H25N/c1-6-7-11(3)13(4)9-8-10(2)12(13)14-5/h10,12,14H,3,6-9H2,1-2,4-5H3/t10?,12?,13-/m1/s1. The van der Waals surface area contributed by atoms with Gasteiger partial charge < -0.3 is 5.32 Å². The molecule has 1 rings (SSSR count). The molecule has 1 heteroatoms. The Kier molecular flexibility index (Phi) is 3.77. The molecule has 1 aliphatic carbocycles. The van der Waals surface area contributed by atoms with Gasteiger partial charge in [0.2, 0.25) is 0 Å². The Balaban J connectivity index is 2.77. The average Bonchev–Trinajstić information content (AvgIpc) is 2.44. The Hall–Kier alpha value is -0.300. The predicted octanol–water partition coefficient (Wildman–Crippen LogP) is 3.37. The second kappa shape index (κ2) is 4.48. The van der Waals surface area contributed by atoms with Crippen molar-refractivity contribution >= 4 is 0 Å². The minimum Gasteiger partial charge on any atom is -0.316 e. The molecule has 1 fully saturated rings. The molecule has 82 valence electrons. The van der Waals surface area contributed by atoms with Gasteiger partial charge in [-0.05, 0) is 32.2 Å². The molecular weight excluding hydrogens is 170 g/mol. The van der Waals surface area contributed by atoms with Crippen LogP contribution in [0.3, 0.4) is 0 Å². The zero-order valence-electron chi connectivity index (χ0n) is 10.2. The fourth-order valence-electron chi connectivity index (χ4n) is 3.06. The first-order valence-corrected chi connectivity index (χ1v) is 5.91. The molecule has 1 saturated carbocycles. The molecule has 3 atom stereocenters. The summed E-state index contributed by atoms with van der Waals surface area (Å²) in [7, 11) is 2.09. The molecule has 0 radical (unpaired) electrons. The molecule has 0 amide bonds. The molecule has 0 aromatic rings. The Morgan fingerprint density at radius 1 is 1.57 bits per heavy atom. The summed E-state index contributed by atoms with van der Waals surface area (Å²) in [5, 5.41) is 3.48. The highest BCUT2D eigenvalue weighted by molar-refractivity contribution is 5.17. The molecule has 0 aromatic heterocycles. The van der Waals surface area contributed by atoms with Crippen molar-refractivity contribution in [2.75, 3.05) is 7.05 Å². The van der Waals surface area contributed by atoms with Gasteiger partial charge in [-0.1, -0.05) is 39.3 Å². The number of hydrogen-bond donors (Lipinski definition) is 1. The van der Waals surface area contributed by atoms with Crippen LogP contribution in [0.2, 0.25) is 0 Å². The van der Waals surface area contributed by atoms with Gasteiger partial charge in [0, 0.05) is 11.5 Å². The van der Waals surface area contributed by atoms with Gasteiger partial charge in [-0.25, -0.2) is 0 Å². The second-order valence-corrected chi connectivity index (χ2v) is 5.05. The van der Waals surface area contributed by atoms with Gasteiger partial charge >= 0.3 is 0 Å². The minimum atomic E-state index is 0.337. The van der Waals surface area contributed by atoms with E-state index in [4.69, 9.17) is 0 Å². The van der Waals surface area contributed by atoms with Crippen LogP contribution >= 0.6 is 0 Å². The van der Waals surface area contributed by atoms with Crippen molar-refractivity contribution in [1.29, 1.82) is 0 Å². The van der Waals surface area contributed by atoms with E-state index in [1.54, 1.807) is 0 Å². The quantitative estimate of drug-likeness (QED) is 0.678. The van der Waals surface area contributed by atoms with Crippen LogP contribution in [0.4, 0.5) is 0 Å². The summed E-state index contributed by atoms with van der Waals surface area (Å²) in [6.07, 6.45) is 5.05. The van der Waals surface area contributed by atoms with Crippen LogP contribution in [-0.2, 0) is 0 Å². The second-order valence-electron chi connectivity index (χ2n) is 5.05. The maximum atomic E-state index is 4.29. The molecule has 14 heavy (non-hydrogen) atoms. The van der Waals surface area contributed by atoms with Gasteiger partial charge in [-0.2, -0.15) is 0 Å². The summed E-state index contributed by atoms with van der Waals surface area (Å²) in [6, 6.07) is 0.626. The summed E-state index contributed by atoms with van der Waals surface area (Å²) < 4.78 is 0. The third-order valence-corrected chi connectivity index (χ3v) is 4.04. The summed E-state index contributed by atoms with van der Waals surface area (Å²) in [5.74, 6) is 0.790. The molecule has 0 aromatic carbocycles. The van der Waals surface area contributed by atoms with Crippen molar-refractivity contribution in [3.8, 4) is 0 Å². The van der Waals surface area contributed by atoms with E-state index in [0.717, 1.165) is 5.92 Å². The fourth-order valence-corrected chi connectivity index (χ4v) is 3.06. The summed E-state index contributed by atoms with van der Waals surface area (Å²) in [4.78, 5) is 0. The van der Waals surface area contributed by atoms with Crippen LogP contribution in [0.15, 0.2) is 12.2 Å². The smallest absolute Gasteiger partial charge is 0.0181 e. The Bertz CT molecular complexity index is 209. The lowest BCUT2D eigenvalue weighted by Crippen LogP contribution is -2.41. The Labute approximate surface area is 89.0 Å². The normalized spacial score (nSPS) is 37.4. The van der Waals surface area contributed by atoms with E-state index in [1.807, 2.05) is 0 Å². The topological polar surface area (TPSA) is 12.0 Å². The van der Waals surface area contributed by atoms with E-state index in [-0.39, 0.29) is 0 Å². The molecule has 1 aliphatic rings. The lowest BCUT2D eigenvalue weighted by atomic mass is 9.75. The highest BCUT2D eigenvalue weighted by Gasteiger charge is 2.43. The molecule has 1 nitrogen and oxygen atoms in total. The maximum Gasteiger partial charge on any atom is 0.0181 e. The van der Waals surface area contributed by atoms with Crippen LogP contribution in [0.5, 0.6) is 0 Å². The minimum absolute atomic E-state index is 0.337. The third-order valence-electron chi connectivity index (χ3n) is 4.04. The van der Waals surface area contributed by atoms with Gasteiger partial charge in [0.15, 0.2) is 0 Å². The van der Waals surface area contributed by atoms with Gasteiger partial charge in [0.25, 0.3) is 0 Å². The molecule has 0 heterocycles. The zero-order chi connectivity index (χ0) is 10.8. The van der Waals surface area contributed by atoms with Crippen LogP contribution in [0, 0.1) is 11.3 Å². The molecule has 0 saturated heterocycles. The number of nitrogens with one attached hydrogen (secondary N) is 1. The molecule has 1 N–H and O–H groups in total. The van der Waals surface area contributed by atoms with Crippen LogP contribution in [0.25, 0.3) is 0 Å². The number of rotatable bonds is 4. The van der Waals surface area contributed by atoms with Gasteiger partial charge in [-0.15, -0.1) is 0 Å². The van der Waals surface area contributed by atoms with Crippen molar-refractivity contribution in [1.82, 2.24) is 5.32 Å². The van der Waals surface area contributed by atoms with E-state index in [1.165, 1.54) is 31.3 Å². The van der Waals surface area contributed by atoms with E-state index in [0.29, 0.717) is 11.5 Å². The summed E-state index contributed by atoms with van der Waals surface area (Å²) in [6.45, 7) is 11.3. The first-order chi connectivity index (χ1) is 6.56. The average molecular weight is 195 g/mol. The molecule has 0 spiro atoms. The third kappa shape index (κ3) is 1.88. The lowest BCUT2D eigenvalue weighted by Gasteiger charge is -2.35. The van der Waals surface area contributed by atoms with E-state index in [9.17, 15) is 0 Å². The van der Waals surface area contributed by atoms with Crippen molar-refractivity contribution in [2.24, 2.45) is 11.3 Å². The van der Waals surface area contributed by atoms with Crippen LogP contribution in [-0.4, -0.2) is 13.1 Å². The van der Waals surface area contributed by atoms with Crippen molar-refractivity contribution in [2.45, 2.75) is 52.5 Å². The molecular formula is C13H25N. The van der Waals surface area contributed by atoms with E-state index < -0.39 is 0 Å². The fraction of sp³-hybridized carbons (Fsp3) is 0.846. The predicted molar refractivity (Wildman–Crippen MR) is 63.4 cm³/mol. The maximum absolute atomic E-state index is 4.29. The largest absolute Gasteiger partial charge is 0.316 e. The van der Waals surface area contributed by atoms with Crippen LogP contribution < -0.4 is 5.32 Å². The Morgan fingerprint density at radius 2 is 2.21 bits per heavy atom. The molecule has 0 bridgehead atoms. The monoisotopic (exact) mass is 195 g/mol. The highest BCUT2D eigenvalue weighted by Crippen LogP contribution is 2.47. The van der Waals surface area contributed by atoms with E-state index in [2.05, 4.69) is 39.7 Å². The van der Waals surface area contributed by atoms with E-state index >= 15 is 0 Å². The molecule has 0 aliphatic heterocycles. The Morgan fingerprint density at radius 3 is 2.71 bits per heavy atom. The number of hydrogen-bond acceptors (Lipinski definition) is 1. The van der Waals surface area contributed by atoms with Gasteiger partial charge in [-0.3, -0.25) is 0 Å². The summed E-state index contributed by atoms with van der Waals surface area (Å²) in [5.41, 5.74) is 1.79. The van der Waals surface area contributed by atoms with Crippen molar-refractivity contribution in [3.63, 3.8) is 0 Å². The van der Waals surface area contributed by atoms with Crippen molar-refractivity contribution < 1.29 is 0 Å². The highest BCUT2D eigenvalue weighted by atomic mass is 14.9. The molecule has 2 unspecified atom stereocenters. The van der Waals surface area contributed by atoms with Crippen molar-refractivity contribution in [3.05, 3.63) is 12.2 Å². The summed E-state index contributed by atoms with van der Waals surface area (Å²) >= 11 is 0. The van der Waals surface area contributed by atoms with Gasteiger partial charge in [0.05, 0.1) is 0 Å².